The van der Waals surface area contributed by atoms with E-state index in [-0.39, 0.29) is 5.91 Å². The van der Waals surface area contributed by atoms with Gasteiger partial charge >= 0.3 is 0 Å². The Morgan fingerprint density at radius 1 is 1.67 bits per heavy atom. The van der Waals surface area contributed by atoms with Crippen LogP contribution in [0.15, 0.2) is 10.2 Å². The fraction of sp³-hybridized carbons (Fsp3) is 0.571. The summed E-state index contributed by atoms with van der Waals surface area (Å²) in [5, 5.41) is 8.30. The minimum Gasteiger partial charge on any atom is -0.293 e. The lowest BCUT2D eigenvalue weighted by Gasteiger charge is -2.21. The number of carbonyl (C=O) groups is 1. The lowest BCUT2D eigenvalue weighted by Crippen LogP contribution is -2.35. The quantitative estimate of drug-likeness (QED) is 0.451. The Morgan fingerprint density at radius 2 is 2.42 bits per heavy atom. The van der Waals surface area contributed by atoms with E-state index in [1.54, 1.807) is 36.8 Å². The summed E-state index contributed by atoms with van der Waals surface area (Å²) in [5.41, 5.74) is 0. The molecule has 0 atom stereocenters. The minimum atomic E-state index is 0.110. The van der Waals surface area contributed by atoms with Crippen molar-refractivity contribution in [2.45, 2.75) is 13.3 Å². The number of hydrogen-bond donors (Lipinski definition) is 0. The third-order valence-corrected chi connectivity index (χ3v) is 2.49. The van der Waals surface area contributed by atoms with Gasteiger partial charge in [-0.15, -0.1) is 5.10 Å². The van der Waals surface area contributed by atoms with Gasteiger partial charge in [-0.05, 0) is 6.92 Å². The van der Waals surface area contributed by atoms with E-state index in [9.17, 15) is 4.79 Å². The molecule has 0 aromatic carbocycles. The minimum absolute atomic E-state index is 0.110. The third kappa shape index (κ3) is 2.07. The molecule has 1 aliphatic heterocycles. The summed E-state index contributed by atoms with van der Waals surface area (Å²) in [6.45, 7) is 1.79. The Morgan fingerprint density at radius 3 is 3.08 bits per heavy atom. The van der Waals surface area contributed by atoms with Gasteiger partial charge in [-0.25, -0.2) is 0 Å². The van der Waals surface area contributed by atoms with Gasteiger partial charge < -0.3 is 0 Å². The molecule has 0 aliphatic carbocycles. The van der Waals surface area contributed by atoms with Gasteiger partial charge in [0.15, 0.2) is 5.17 Å². The van der Waals surface area contributed by atoms with Crippen LogP contribution >= 0.6 is 11.8 Å². The fourth-order valence-electron chi connectivity index (χ4n) is 0.804. The molecule has 0 radical (unpaired) electrons. The molecule has 5 heteroatoms. The van der Waals surface area contributed by atoms with Gasteiger partial charge in [0, 0.05) is 25.4 Å². The zero-order valence-corrected chi connectivity index (χ0v) is 7.97. The molecule has 0 spiro atoms. The first kappa shape index (κ1) is 9.25. The van der Waals surface area contributed by atoms with E-state index in [0.717, 1.165) is 5.75 Å². The molecule has 4 nitrogen and oxygen atoms in total. The van der Waals surface area contributed by atoms with E-state index in [4.69, 9.17) is 0 Å². The van der Waals surface area contributed by atoms with Crippen molar-refractivity contribution in [2.24, 2.45) is 10.2 Å². The molecule has 1 heterocycles. The lowest BCUT2D eigenvalue weighted by molar-refractivity contribution is -0.126. The van der Waals surface area contributed by atoms with Crippen molar-refractivity contribution in [3.05, 3.63) is 0 Å². The number of hydrogen-bond acceptors (Lipinski definition) is 4. The summed E-state index contributed by atoms with van der Waals surface area (Å²) in [6, 6.07) is 0. The van der Waals surface area contributed by atoms with Crippen LogP contribution in [0.1, 0.15) is 13.3 Å². The number of rotatable bonds is 1. The van der Waals surface area contributed by atoms with Crippen LogP contribution in [0.25, 0.3) is 0 Å². The van der Waals surface area contributed by atoms with Crippen molar-refractivity contribution < 1.29 is 4.79 Å². The first-order chi connectivity index (χ1) is 5.75. The van der Waals surface area contributed by atoms with Crippen LogP contribution in [0.2, 0.25) is 0 Å². The van der Waals surface area contributed by atoms with Crippen molar-refractivity contribution in [3.8, 4) is 0 Å². The number of thioether (sulfide) groups is 1. The molecule has 1 amide bonds. The topological polar surface area (TPSA) is 45.0 Å². The largest absolute Gasteiger partial charge is 0.293 e. The summed E-state index contributed by atoms with van der Waals surface area (Å²) < 4.78 is 0. The standard InChI is InChI=1S/C7H11N3OS/c1-3-8-9-7-10(2)6(11)4-5-12-7/h3H,4-5H2,1-2H3/b8-3+,9-7-. The monoisotopic (exact) mass is 185 g/mol. The third-order valence-electron chi connectivity index (χ3n) is 1.47. The predicted octanol–water partition coefficient (Wildman–Crippen LogP) is 0.943. The number of nitrogens with zero attached hydrogens (tertiary/aromatic N) is 3. The molecular weight excluding hydrogens is 174 g/mol. The molecule has 1 saturated heterocycles. The number of amidine groups is 1. The van der Waals surface area contributed by atoms with E-state index in [1.165, 1.54) is 0 Å². The first-order valence-electron chi connectivity index (χ1n) is 3.70. The Kier molecular flexibility index (Phi) is 3.28. The van der Waals surface area contributed by atoms with Crippen LogP contribution in [-0.2, 0) is 4.79 Å². The summed E-state index contributed by atoms with van der Waals surface area (Å²) in [4.78, 5) is 12.7. The van der Waals surface area contributed by atoms with Crippen LogP contribution < -0.4 is 0 Å². The second-order valence-corrected chi connectivity index (χ2v) is 3.37. The SMILES string of the molecule is C/C=N/N=C1\SCCC(=O)N1C. The Hall–Kier alpha value is -0.840. The van der Waals surface area contributed by atoms with E-state index in [1.807, 2.05) is 0 Å². The van der Waals surface area contributed by atoms with Crippen LogP contribution in [0.4, 0.5) is 0 Å². The molecule has 0 N–H and O–H groups in total. The lowest BCUT2D eigenvalue weighted by atomic mass is 10.4. The summed E-state index contributed by atoms with van der Waals surface area (Å²) >= 11 is 1.56. The molecule has 0 aromatic heterocycles. The average molecular weight is 185 g/mol. The second kappa shape index (κ2) is 4.25. The van der Waals surface area contributed by atoms with Crippen molar-refractivity contribution in [2.75, 3.05) is 12.8 Å². The van der Waals surface area contributed by atoms with Gasteiger partial charge in [-0.3, -0.25) is 9.69 Å². The molecule has 12 heavy (non-hydrogen) atoms. The second-order valence-electron chi connectivity index (χ2n) is 2.31. The van der Waals surface area contributed by atoms with Crippen LogP contribution in [-0.4, -0.2) is 35.0 Å². The van der Waals surface area contributed by atoms with Crippen molar-refractivity contribution >= 4 is 29.1 Å². The van der Waals surface area contributed by atoms with Gasteiger partial charge in [-0.1, -0.05) is 11.8 Å². The Labute approximate surface area is 75.7 Å². The highest BCUT2D eigenvalue weighted by molar-refractivity contribution is 8.13. The molecule has 0 aromatic rings. The highest BCUT2D eigenvalue weighted by atomic mass is 32.2. The Balaban J connectivity index is 2.69. The van der Waals surface area contributed by atoms with Gasteiger partial charge in [0.2, 0.25) is 5.91 Å². The Bertz CT molecular complexity index is 237. The number of amides is 1. The van der Waals surface area contributed by atoms with Gasteiger partial charge in [0.1, 0.15) is 0 Å². The molecule has 1 aliphatic rings. The van der Waals surface area contributed by atoms with Crippen molar-refractivity contribution in [1.82, 2.24) is 4.90 Å². The van der Waals surface area contributed by atoms with Gasteiger partial charge in [-0.2, -0.15) is 5.10 Å². The van der Waals surface area contributed by atoms with E-state index in [0.29, 0.717) is 11.6 Å². The maximum absolute atomic E-state index is 11.1. The van der Waals surface area contributed by atoms with Crippen LogP contribution in [0, 0.1) is 0 Å². The van der Waals surface area contributed by atoms with Crippen molar-refractivity contribution in [1.29, 1.82) is 0 Å². The zero-order valence-electron chi connectivity index (χ0n) is 7.15. The molecule has 1 rings (SSSR count). The zero-order chi connectivity index (χ0) is 8.97. The molecule has 0 unspecified atom stereocenters. The normalized spacial score (nSPS) is 22.7. The molecule has 66 valence electrons. The first-order valence-corrected chi connectivity index (χ1v) is 4.69. The van der Waals surface area contributed by atoms with E-state index in [2.05, 4.69) is 10.2 Å². The number of carbonyl (C=O) groups excluding carboxylic acids is 1. The fourth-order valence-corrected chi connectivity index (χ4v) is 1.66. The highest BCUT2D eigenvalue weighted by Crippen LogP contribution is 2.16. The maximum atomic E-state index is 11.1. The van der Waals surface area contributed by atoms with E-state index < -0.39 is 0 Å². The van der Waals surface area contributed by atoms with Crippen molar-refractivity contribution in [3.63, 3.8) is 0 Å². The van der Waals surface area contributed by atoms with Crippen LogP contribution in [0.5, 0.6) is 0 Å². The average Bonchev–Trinajstić information content (AvgIpc) is 2.08. The summed E-state index contributed by atoms with van der Waals surface area (Å²) in [7, 11) is 1.72. The molecule has 0 saturated carbocycles. The predicted molar refractivity (Wildman–Crippen MR) is 51.4 cm³/mol. The molecule has 0 bridgehead atoms. The van der Waals surface area contributed by atoms with Gasteiger partial charge in [0.05, 0.1) is 0 Å². The molecule has 1 fully saturated rings. The highest BCUT2D eigenvalue weighted by Gasteiger charge is 2.20. The van der Waals surface area contributed by atoms with Crippen LogP contribution in [0.3, 0.4) is 0 Å². The summed E-state index contributed by atoms with van der Waals surface area (Å²) in [5.74, 6) is 0.917. The maximum Gasteiger partial charge on any atom is 0.229 e. The molecular formula is C7H11N3OS. The van der Waals surface area contributed by atoms with Gasteiger partial charge in [0.25, 0.3) is 0 Å². The van der Waals surface area contributed by atoms with E-state index >= 15 is 0 Å². The summed E-state index contributed by atoms with van der Waals surface area (Å²) in [6.07, 6.45) is 2.19. The smallest absolute Gasteiger partial charge is 0.229 e.